The summed E-state index contributed by atoms with van der Waals surface area (Å²) in [7, 11) is 0. The molecule has 1 saturated carbocycles. The molecule has 1 fully saturated rings. The Balaban J connectivity index is 1.60. The van der Waals surface area contributed by atoms with Crippen LogP contribution in [0.15, 0.2) is 36.5 Å². The van der Waals surface area contributed by atoms with Crippen molar-refractivity contribution < 1.29 is 13.9 Å². The van der Waals surface area contributed by atoms with E-state index in [9.17, 15) is 9.18 Å². The molecule has 1 aromatic carbocycles. The molecule has 4 rings (SSSR count). The van der Waals surface area contributed by atoms with E-state index in [-0.39, 0.29) is 18.5 Å². The van der Waals surface area contributed by atoms with E-state index in [4.69, 9.17) is 16.3 Å². The summed E-state index contributed by atoms with van der Waals surface area (Å²) in [6.07, 6.45) is 3.28. The van der Waals surface area contributed by atoms with E-state index in [1.165, 1.54) is 12.3 Å². The lowest BCUT2D eigenvalue weighted by Gasteiger charge is -2.23. The number of halogens is 2. The summed E-state index contributed by atoms with van der Waals surface area (Å²) in [6.45, 7) is 4.27. The van der Waals surface area contributed by atoms with Crippen molar-refractivity contribution in [2.45, 2.75) is 39.3 Å². The van der Waals surface area contributed by atoms with Crippen molar-refractivity contribution in [3.05, 3.63) is 64.2 Å². The van der Waals surface area contributed by atoms with Gasteiger partial charge in [0, 0.05) is 22.7 Å². The predicted octanol–water partition coefficient (Wildman–Crippen LogP) is 3.97. The molecule has 2 aromatic heterocycles. The summed E-state index contributed by atoms with van der Waals surface area (Å²) in [5.74, 6) is 0.270. The van der Waals surface area contributed by atoms with Gasteiger partial charge < -0.3 is 9.64 Å². The number of benzene rings is 1. The fourth-order valence-electron chi connectivity index (χ4n) is 3.26. The minimum absolute atomic E-state index is 0.0705. The van der Waals surface area contributed by atoms with Gasteiger partial charge >= 0.3 is 0 Å². The Kier molecular flexibility index (Phi) is 5.67. The van der Waals surface area contributed by atoms with Crippen molar-refractivity contribution in [2.75, 3.05) is 6.61 Å². The number of rotatable bonds is 7. The quantitative estimate of drug-likeness (QED) is 0.568. The first kappa shape index (κ1) is 20.3. The van der Waals surface area contributed by atoms with Gasteiger partial charge in [-0.3, -0.25) is 4.79 Å². The second-order valence-electron chi connectivity index (χ2n) is 7.08. The second-order valence-corrected chi connectivity index (χ2v) is 7.49. The molecule has 1 aliphatic carbocycles. The minimum Gasteiger partial charge on any atom is -0.477 e. The van der Waals surface area contributed by atoms with Gasteiger partial charge in [-0.2, -0.15) is 5.10 Å². The highest BCUT2D eigenvalue weighted by Gasteiger charge is 2.35. The zero-order valence-corrected chi connectivity index (χ0v) is 17.4. The molecule has 2 heterocycles. The van der Waals surface area contributed by atoms with Crippen LogP contribution < -0.4 is 4.74 Å². The van der Waals surface area contributed by atoms with Crippen LogP contribution in [-0.4, -0.2) is 43.4 Å². The van der Waals surface area contributed by atoms with Crippen molar-refractivity contribution in [3.8, 4) is 11.7 Å². The lowest BCUT2D eigenvalue weighted by molar-refractivity contribution is 0.0727. The Morgan fingerprint density at radius 3 is 2.73 bits per heavy atom. The first-order valence-electron chi connectivity index (χ1n) is 9.75. The standard InChI is InChI=1S/C21H21ClFN5O2/c1-3-30-20-10-9-19(25-26-20)28-13(2)15(11-24-28)21(29)27(14-7-8-14)12-16-17(22)5-4-6-18(16)23/h4-6,9-11,14H,3,7-8,12H2,1-2H3. The van der Waals surface area contributed by atoms with Crippen LogP contribution in [0.5, 0.6) is 5.88 Å². The lowest BCUT2D eigenvalue weighted by atomic mass is 10.1. The first-order valence-corrected chi connectivity index (χ1v) is 10.1. The Morgan fingerprint density at radius 2 is 2.10 bits per heavy atom. The number of hydrogen-bond acceptors (Lipinski definition) is 5. The van der Waals surface area contributed by atoms with E-state index < -0.39 is 5.82 Å². The van der Waals surface area contributed by atoms with E-state index in [0.29, 0.717) is 40.1 Å². The molecular formula is C21H21ClFN5O2. The second kappa shape index (κ2) is 8.39. The van der Waals surface area contributed by atoms with E-state index in [1.807, 2.05) is 6.92 Å². The molecule has 0 saturated heterocycles. The van der Waals surface area contributed by atoms with Crippen molar-refractivity contribution >= 4 is 17.5 Å². The van der Waals surface area contributed by atoms with Gasteiger partial charge in [0.1, 0.15) is 5.82 Å². The van der Waals surface area contributed by atoms with Crippen molar-refractivity contribution in [1.82, 2.24) is 24.9 Å². The summed E-state index contributed by atoms with van der Waals surface area (Å²) in [5.41, 5.74) is 1.38. The maximum atomic E-state index is 14.3. The molecule has 7 nitrogen and oxygen atoms in total. The number of ether oxygens (including phenoxy) is 1. The summed E-state index contributed by atoms with van der Waals surface area (Å²) < 4.78 is 21.1. The van der Waals surface area contributed by atoms with Gasteiger partial charge in [-0.15, -0.1) is 10.2 Å². The zero-order chi connectivity index (χ0) is 21.3. The maximum absolute atomic E-state index is 14.3. The lowest BCUT2D eigenvalue weighted by Crippen LogP contribution is -2.33. The first-order chi connectivity index (χ1) is 14.5. The number of hydrogen-bond donors (Lipinski definition) is 0. The van der Waals surface area contributed by atoms with Gasteiger partial charge in [-0.25, -0.2) is 9.07 Å². The Morgan fingerprint density at radius 1 is 1.30 bits per heavy atom. The molecular weight excluding hydrogens is 409 g/mol. The smallest absolute Gasteiger partial charge is 0.257 e. The van der Waals surface area contributed by atoms with Gasteiger partial charge in [-0.05, 0) is 44.9 Å². The van der Waals surface area contributed by atoms with E-state index in [2.05, 4.69) is 15.3 Å². The Hall–Kier alpha value is -3.00. The van der Waals surface area contributed by atoms with Crippen LogP contribution in [0.2, 0.25) is 5.02 Å². The van der Waals surface area contributed by atoms with Crippen LogP contribution in [0, 0.1) is 12.7 Å². The summed E-state index contributed by atoms with van der Waals surface area (Å²) in [4.78, 5) is 15.0. The summed E-state index contributed by atoms with van der Waals surface area (Å²) in [6, 6.07) is 8.03. The summed E-state index contributed by atoms with van der Waals surface area (Å²) >= 11 is 6.18. The highest BCUT2D eigenvalue weighted by atomic mass is 35.5. The fourth-order valence-corrected chi connectivity index (χ4v) is 3.49. The number of carbonyl (C=O) groups is 1. The van der Waals surface area contributed by atoms with Gasteiger partial charge in [0.2, 0.25) is 5.88 Å². The molecule has 9 heteroatoms. The van der Waals surface area contributed by atoms with Crippen LogP contribution in [0.25, 0.3) is 5.82 Å². The highest BCUT2D eigenvalue weighted by Crippen LogP contribution is 2.32. The molecule has 0 unspecified atom stereocenters. The molecule has 1 aliphatic rings. The predicted molar refractivity (Wildman–Crippen MR) is 109 cm³/mol. The van der Waals surface area contributed by atoms with Crippen molar-refractivity contribution in [1.29, 1.82) is 0 Å². The van der Waals surface area contributed by atoms with Crippen LogP contribution >= 0.6 is 11.6 Å². The van der Waals surface area contributed by atoms with E-state index in [0.717, 1.165) is 12.8 Å². The average Bonchev–Trinajstić information content (AvgIpc) is 3.50. The van der Waals surface area contributed by atoms with Crippen LogP contribution in [0.4, 0.5) is 4.39 Å². The van der Waals surface area contributed by atoms with Crippen LogP contribution in [-0.2, 0) is 6.54 Å². The summed E-state index contributed by atoms with van der Waals surface area (Å²) in [5, 5.41) is 12.7. The normalized spacial score (nSPS) is 13.3. The Labute approximate surface area is 178 Å². The molecule has 0 spiro atoms. The molecule has 0 aliphatic heterocycles. The van der Waals surface area contributed by atoms with Crippen LogP contribution in [0.1, 0.15) is 41.4 Å². The Bertz CT molecular complexity index is 1050. The average molecular weight is 430 g/mol. The minimum atomic E-state index is -0.418. The van der Waals surface area contributed by atoms with Crippen LogP contribution in [0.3, 0.4) is 0 Å². The number of carbonyl (C=O) groups excluding carboxylic acids is 1. The molecule has 156 valence electrons. The molecule has 0 N–H and O–H groups in total. The number of aromatic nitrogens is 4. The molecule has 1 amide bonds. The SMILES string of the molecule is CCOc1ccc(-n2ncc(C(=O)N(Cc3c(F)cccc3Cl)C3CC3)c2C)nn1. The third kappa shape index (κ3) is 4.00. The number of nitrogens with zero attached hydrogens (tertiary/aromatic N) is 5. The van der Waals surface area contributed by atoms with Crippen molar-refractivity contribution in [3.63, 3.8) is 0 Å². The highest BCUT2D eigenvalue weighted by molar-refractivity contribution is 6.31. The third-order valence-electron chi connectivity index (χ3n) is 5.01. The fraction of sp³-hybridized carbons (Fsp3) is 0.333. The largest absolute Gasteiger partial charge is 0.477 e. The third-order valence-corrected chi connectivity index (χ3v) is 5.37. The van der Waals surface area contributed by atoms with E-state index >= 15 is 0 Å². The van der Waals surface area contributed by atoms with E-state index in [1.54, 1.807) is 40.8 Å². The topological polar surface area (TPSA) is 73.1 Å². The van der Waals surface area contributed by atoms with Crippen molar-refractivity contribution in [2.24, 2.45) is 0 Å². The maximum Gasteiger partial charge on any atom is 0.257 e. The molecule has 0 radical (unpaired) electrons. The molecule has 0 bridgehead atoms. The van der Waals surface area contributed by atoms with Gasteiger partial charge in [0.15, 0.2) is 5.82 Å². The van der Waals surface area contributed by atoms with Gasteiger partial charge in [-0.1, -0.05) is 17.7 Å². The molecule has 30 heavy (non-hydrogen) atoms. The van der Waals surface area contributed by atoms with Gasteiger partial charge in [0.05, 0.1) is 30.6 Å². The molecule has 0 atom stereocenters. The number of amides is 1. The molecule has 3 aromatic rings. The van der Waals surface area contributed by atoms with Gasteiger partial charge in [0.25, 0.3) is 5.91 Å². The zero-order valence-electron chi connectivity index (χ0n) is 16.7. The monoisotopic (exact) mass is 429 g/mol.